The van der Waals surface area contributed by atoms with Crippen LogP contribution in [0.2, 0.25) is 0 Å². The van der Waals surface area contributed by atoms with E-state index in [1.54, 1.807) is 7.11 Å². The molecule has 6 heteroatoms. The molecule has 1 fully saturated rings. The van der Waals surface area contributed by atoms with E-state index in [0.717, 1.165) is 48.8 Å². The number of methoxy groups -OCH3 is 1. The second kappa shape index (κ2) is 7.77. The van der Waals surface area contributed by atoms with E-state index < -0.39 is 0 Å². The lowest BCUT2D eigenvalue weighted by atomic mass is 10.1. The van der Waals surface area contributed by atoms with Gasteiger partial charge in [0.15, 0.2) is 5.13 Å². The van der Waals surface area contributed by atoms with Crippen LogP contribution in [-0.2, 0) is 22.5 Å². The first kappa shape index (κ1) is 16.2. The number of aromatic nitrogens is 1. The molecule has 1 aliphatic rings. The van der Waals surface area contributed by atoms with Crippen molar-refractivity contribution in [2.75, 3.05) is 26.1 Å². The Bertz CT molecular complexity index is 639. The van der Waals surface area contributed by atoms with Gasteiger partial charge < -0.3 is 19.9 Å². The van der Waals surface area contributed by atoms with Crippen molar-refractivity contribution in [1.29, 1.82) is 0 Å². The minimum Gasteiger partial charge on any atom is -0.497 e. The van der Waals surface area contributed by atoms with E-state index in [4.69, 9.17) is 19.9 Å². The second-order valence-electron chi connectivity index (χ2n) is 5.57. The monoisotopic (exact) mass is 334 g/mol. The fourth-order valence-electron chi connectivity index (χ4n) is 2.66. The summed E-state index contributed by atoms with van der Waals surface area (Å²) >= 11 is 1.53. The molecule has 2 aromatic rings. The van der Waals surface area contributed by atoms with Crippen LogP contribution in [0.3, 0.4) is 0 Å². The number of anilines is 1. The molecule has 1 aromatic heterocycles. The summed E-state index contributed by atoms with van der Waals surface area (Å²) in [6, 6.07) is 8.07. The minimum absolute atomic E-state index is 0.261. The Morgan fingerprint density at radius 1 is 1.35 bits per heavy atom. The van der Waals surface area contributed by atoms with Crippen molar-refractivity contribution in [3.8, 4) is 5.75 Å². The summed E-state index contributed by atoms with van der Waals surface area (Å²) in [5, 5.41) is 0.591. The first-order valence-electron chi connectivity index (χ1n) is 7.81. The van der Waals surface area contributed by atoms with Crippen LogP contribution in [0.4, 0.5) is 5.13 Å². The summed E-state index contributed by atoms with van der Waals surface area (Å²) in [6.45, 7) is 2.07. The van der Waals surface area contributed by atoms with Crippen molar-refractivity contribution >= 4 is 16.5 Å². The van der Waals surface area contributed by atoms with Gasteiger partial charge in [-0.15, -0.1) is 11.3 Å². The fraction of sp³-hybridized carbons (Fsp3) is 0.471. The summed E-state index contributed by atoms with van der Waals surface area (Å²) in [7, 11) is 1.68. The minimum atomic E-state index is 0.261. The molecule has 2 N–H and O–H groups in total. The fourth-order valence-corrected chi connectivity index (χ4v) is 3.53. The molecular weight excluding hydrogens is 312 g/mol. The molecule has 0 bridgehead atoms. The zero-order valence-electron chi connectivity index (χ0n) is 13.3. The molecule has 0 spiro atoms. The first-order chi connectivity index (χ1) is 11.2. The van der Waals surface area contributed by atoms with Gasteiger partial charge >= 0.3 is 0 Å². The van der Waals surface area contributed by atoms with Crippen molar-refractivity contribution in [2.45, 2.75) is 32.0 Å². The molecule has 0 atom stereocenters. The molecule has 124 valence electrons. The average molecular weight is 334 g/mol. The van der Waals surface area contributed by atoms with Crippen LogP contribution < -0.4 is 10.5 Å². The number of hydrogen-bond donors (Lipinski definition) is 1. The van der Waals surface area contributed by atoms with E-state index in [2.05, 4.69) is 11.1 Å². The SMILES string of the molecule is COc1cccc(Cc2sc(N)nc2COC2CCOCC2)c1. The zero-order chi connectivity index (χ0) is 16.1. The van der Waals surface area contributed by atoms with Crippen molar-refractivity contribution < 1.29 is 14.2 Å². The topological polar surface area (TPSA) is 66.6 Å². The number of benzene rings is 1. The summed E-state index contributed by atoms with van der Waals surface area (Å²) in [4.78, 5) is 5.60. The van der Waals surface area contributed by atoms with Crippen molar-refractivity contribution in [2.24, 2.45) is 0 Å². The molecule has 3 rings (SSSR count). The van der Waals surface area contributed by atoms with Crippen LogP contribution in [-0.4, -0.2) is 31.4 Å². The number of nitrogens with two attached hydrogens (primary N) is 1. The third-order valence-electron chi connectivity index (χ3n) is 3.92. The van der Waals surface area contributed by atoms with Crippen LogP contribution >= 0.6 is 11.3 Å². The molecule has 0 unspecified atom stereocenters. The predicted octanol–water partition coefficient (Wildman–Crippen LogP) is 3.02. The summed E-state index contributed by atoms with van der Waals surface area (Å²) in [5.41, 5.74) is 8.03. The number of rotatable bonds is 6. The Balaban J connectivity index is 1.67. The van der Waals surface area contributed by atoms with E-state index >= 15 is 0 Å². The summed E-state index contributed by atoms with van der Waals surface area (Å²) in [5.74, 6) is 0.861. The lowest BCUT2D eigenvalue weighted by molar-refractivity contribution is -0.0399. The summed E-state index contributed by atoms with van der Waals surface area (Å²) < 4.78 is 16.6. The smallest absolute Gasteiger partial charge is 0.180 e. The number of nitrogen functional groups attached to an aromatic ring is 1. The molecule has 1 aliphatic heterocycles. The number of nitrogens with zero attached hydrogens (tertiary/aromatic N) is 1. The largest absolute Gasteiger partial charge is 0.497 e. The zero-order valence-corrected chi connectivity index (χ0v) is 14.1. The molecule has 0 saturated carbocycles. The van der Waals surface area contributed by atoms with Gasteiger partial charge in [0.05, 0.1) is 25.5 Å². The Kier molecular flexibility index (Phi) is 5.48. The van der Waals surface area contributed by atoms with E-state index in [1.165, 1.54) is 16.9 Å². The number of thiazole rings is 1. The standard InChI is InChI=1S/C17H22N2O3S/c1-20-14-4-2-3-12(9-14)10-16-15(19-17(18)23-16)11-22-13-5-7-21-8-6-13/h2-4,9,13H,5-8,10-11H2,1H3,(H2,18,19). The molecule has 0 amide bonds. The highest BCUT2D eigenvalue weighted by Crippen LogP contribution is 2.26. The van der Waals surface area contributed by atoms with Gasteiger partial charge in [-0.05, 0) is 30.5 Å². The van der Waals surface area contributed by atoms with Gasteiger partial charge in [0.1, 0.15) is 5.75 Å². The van der Waals surface area contributed by atoms with Crippen molar-refractivity contribution in [3.05, 3.63) is 40.4 Å². The summed E-state index contributed by atoms with van der Waals surface area (Å²) in [6.07, 6.45) is 2.95. The highest BCUT2D eigenvalue weighted by Gasteiger charge is 2.17. The Hall–Kier alpha value is -1.63. The van der Waals surface area contributed by atoms with Crippen LogP contribution in [0.15, 0.2) is 24.3 Å². The third-order valence-corrected chi connectivity index (χ3v) is 4.84. The van der Waals surface area contributed by atoms with Gasteiger partial charge in [0.25, 0.3) is 0 Å². The first-order valence-corrected chi connectivity index (χ1v) is 8.62. The molecular formula is C17H22N2O3S. The van der Waals surface area contributed by atoms with Gasteiger partial charge in [0, 0.05) is 24.5 Å². The van der Waals surface area contributed by atoms with E-state index in [1.807, 2.05) is 18.2 Å². The van der Waals surface area contributed by atoms with Gasteiger partial charge in [-0.1, -0.05) is 12.1 Å². The maximum atomic E-state index is 5.99. The average Bonchev–Trinajstić information content (AvgIpc) is 2.93. The Labute approximate surface area is 140 Å². The molecule has 0 aliphatic carbocycles. The van der Waals surface area contributed by atoms with Gasteiger partial charge in [0.2, 0.25) is 0 Å². The quantitative estimate of drug-likeness (QED) is 0.879. The number of hydrogen-bond acceptors (Lipinski definition) is 6. The van der Waals surface area contributed by atoms with Gasteiger partial charge in [-0.3, -0.25) is 0 Å². The molecule has 1 aromatic carbocycles. The van der Waals surface area contributed by atoms with Crippen molar-refractivity contribution in [3.63, 3.8) is 0 Å². The highest BCUT2D eigenvalue weighted by atomic mass is 32.1. The molecule has 5 nitrogen and oxygen atoms in total. The lowest BCUT2D eigenvalue weighted by Crippen LogP contribution is -2.23. The van der Waals surface area contributed by atoms with Crippen LogP contribution in [0.1, 0.15) is 29.0 Å². The van der Waals surface area contributed by atoms with Crippen molar-refractivity contribution in [1.82, 2.24) is 4.98 Å². The third kappa shape index (κ3) is 4.43. The van der Waals surface area contributed by atoms with E-state index in [0.29, 0.717) is 11.7 Å². The Morgan fingerprint density at radius 2 is 2.17 bits per heavy atom. The highest BCUT2D eigenvalue weighted by molar-refractivity contribution is 7.15. The van der Waals surface area contributed by atoms with E-state index in [-0.39, 0.29) is 6.10 Å². The van der Waals surface area contributed by atoms with E-state index in [9.17, 15) is 0 Å². The molecule has 1 saturated heterocycles. The maximum Gasteiger partial charge on any atom is 0.180 e. The predicted molar refractivity (Wildman–Crippen MR) is 91.0 cm³/mol. The molecule has 23 heavy (non-hydrogen) atoms. The second-order valence-corrected chi connectivity index (χ2v) is 6.69. The Morgan fingerprint density at radius 3 is 2.96 bits per heavy atom. The van der Waals surface area contributed by atoms with Gasteiger partial charge in [-0.2, -0.15) is 0 Å². The van der Waals surface area contributed by atoms with Crippen LogP contribution in [0.25, 0.3) is 0 Å². The molecule has 0 radical (unpaired) electrons. The number of ether oxygens (including phenoxy) is 3. The van der Waals surface area contributed by atoms with Crippen LogP contribution in [0.5, 0.6) is 5.75 Å². The normalized spacial score (nSPS) is 15.7. The lowest BCUT2D eigenvalue weighted by Gasteiger charge is -2.22. The van der Waals surface area contributed by atoms with Gasteiger partial charge in [-0.25, -0.2) is 4.98 Å². The molecule has 2 heterocycles. The maximum absolute atomic E-state index is 5.99. The van der Waals surface area contributed by atoms with Crippen LogP contribution in [0, 0.1) is 0 Å².